The van der Waals surface area contributed by atoms with E-state index in [2.05, 4.69) is 15.6 Å². The number of amides is 2. The van der Waals surface area contributed by atoms with E-state index in [-0.39, 0.29) is 11.8 Å². The first-order chi connectivity index (χ1) is 14.2. The summed E-state index contributed by atoms with van der Waals surface area (Å²) in [5.41, 5.74) is 2.64. The minimum Gasteiger partial charge on any atom is -0.348 e. The Labute approximate surface area is 168 Å². The number of nitrogens with zero attached hydrogens (tertiary/aromatic N) is 1. The summed E-state index contributed by atoms with van der Waals surface area (Å²) < 4.78 is 0. The Balaban J connectivity index is 1.52. The number of anilines is 1. The molecule has 3 aromatic carbocycles. The number of pyridine rings is 1. The van der Waals surface area contributed by atoms with Crippen LogP contribution < -0.4 is 10.6 Å². The molecule has 142 valence electrons. The molecule has 0 saturated carbocycles. The van der Waals surface area contributed by atoms with Gasteiger partial charge in [0.2, 0.25) is 0 Å². The summed E-state index contributed by atoms with van der Waals surface area (Å²) in [5, 5.41) is 7.77. The highest BCUT2D eigenvalue weighted by atomic mass is 16.2. The monoisotopic (exact) mass is 381 g/mol. The van der Waals surface area contributed by atoms with Crippen molar-refractivity contribution in [3.05, 3.63) is 108 Å². The number of hydrogen-bond acceptors (Lipinski definition) is 3. The third-order valence-electron chi connectivity index (χ3n) is 4.68. The molecule has 2 N–H and O–H groups in total. The second-order valence-electron chi connectivity index (χ2n) is 6.56. The zero-order valence-corrected chi connectivity index (χ0v) is 15.6. The van der Waals surface area contributed by atoms with Crippen molar-refractivity contribution in [1.82, 2.24) is 10.3 Å². The fourth-order valence-corrected chi connectivity index (χ4v) is 3.19. The molecular formula is C24H19N3O2. The Morgan fingerprint density at radius 3 is 2.34 bits per heavy atom. The minimum absolute atomic E-state index is 0.185. The van der Waals surface area contributed by atoms with Crippen LogP contribution in [-0.4, -0.2) is 16.8 Å². The molecule has 0 unspecified atom stereocenters. The molecule has 29 heavy (non-hydrogen) atoms. The van der Waals surface area contributed by atoms with Crippen LogP contribution in [0.2, 0.25) is 0 Å². The van der Waals surface area contributed by atoms with E-state index in [1.807, 2.05) is 66.7 Å². The standard InChI is InChI=1S/C24H19N3O2/c28-23(18-12-14-25-15-13-18)26-16-19-7-2-4-11-22(19)27-24(29)21-10-5-8-17-6-1-3-9-20(17)21/h1-15H,16H2,(H,26,28)(H,27,29). The summed E-state index contributed by atoms with van der Waals surface area (Å²) in [6.07, 6.45) is 3.15. The lowest BCUT2D eigenvalue weighted by Gasteiger charge is -2.13. The van der Waals surface area contributed by atoms with E-state index in [9.17, 15) is 9.59 Å². The van der Waals surface area contributed by atoms with Crippen molar-refractivity contribution in [2.24, 2.45) is 0 Å². The molecule has 1 heterocycles. The van der Waals surface area contributed by atoms with Crippen LogP contribution in [0.25, 0.3) is 10.8 Å². The molecule has 4 rings (SSSR count). The normalized spacial score (nSPS) is 10.5. The number of para-hydroxylation sites is 1. The van der Waals surface area contributed by atoms with Gasteiger partial charge in [-0.2, -0.15) is 0 Å². The average Bonchev–Trinajstić information content (AvgIpc) is 2.78. The number of nitrogens with one attached hydrogen (secondary N) is 2. The Morgan fingerprint density at radius 2 is 1.48 bits per heavy atom. The molecule has 0 aliphatic rings. The molecule has 0 spiro atoms. The number of fused-ring (bicyclic) bond motifs is 1. The number of carbonyl (C=O) groups is 2. The molecule has 5 heteroatoms. The van der Waals surface area contributed by atoms with Gasteiger partial charge in [-0.25, -0.2) is 0 Å². The lowest BCUT2D eigenvalue weighted by Crippen LogP contribution is -2.24. The molecule has 0 fully saturated rings. The number of rotatable bonds is 5. The number of benzene rings is 3. The zero-order chi connectivity index (χ0) is 20.1. The maximum Gasteiger partial charge on any atom is 0.256 e. The highest BCUT2D eigenvalue weighted by Gasteiger charge is 2.13. The van der Waals surface area contributed by atoms with Gasteiger partial charge in [-0.15, -0.1) is 0 Å². The average molecular weight is 381 g/mol. The fraction of sp³-hybridized carbons (Fsp3) is 0.0417. The largest absolute Gasteiger partial charge is 0.348 e. The molecule has 4 aromatic rings. The summed E-state index contributed by atoms with van der Waals surface area (Å²) in [6, 6.07) is 24.2. The Hall–Kier alpha value is -3.99. The molecule has 2 amide bonds. The number of hydrogen-bond donors (Lipinski definition) is 2. The lowest BCUT2D eigenvalue weighted by atomic mass is 10.0. The van der Waals surface area contributed by atoms with Crippen LogP contribution in [-0.2, 0) is 6.54 Å². The first-order valence-corrected chi connectivity index (χ1v) is 9.27. The SMILES string of the molecule is O=C(NCc1ccccc1NC(=O)c1cccc2ccccc12)c1ccncc1. The molecule has 0 saturated heterocycles. The van der Waals surface area contributed by atoms with Crippen LogP contribution >= 0.6 is 0 Å². The van der Waals surface area contributed by atoms with Crippen LogP contribution in [0.3, 0.4) is 0 Å². The summed E-state index contributed by atoms with van der Waals surface area (Å²) in [5.74, 6) is -0.378. The molecule has 0 bridgehead atoms. The topological polar surface area (TPSA) is 71.1 Å². The van der Waals surface area contributed by atoms with Gasteiger partial charge in [0.05, 0.1) is 0 Å². The Kier molecular flexibility index (Phi) is 5.29. The highest BCUT2D eigenvalue weighted by Crippen LogP contribution is 2.21. The van der Waals surface area contributed by atoms with Crippen LogP contribution in [0.5, 0.6) is 0 Å². The second-order valence-corrected chi connectivity index (χ2v) is 6.56. The molecule has 1 aromatic heterocycles. The molecule has 0 radical (unpaired) electrons. The molecule has 0 aliphatic carbocycles. The van der Waals surface area contributed by atoms with Crippen molar-refractivity contribution < 1.29 is 9.59 Å². The van der Waals surface area contributed by atoms with Crippen LogP contribution in [0.4, 0.5) is 5.69 Å². The van der Waals surface area contributed by atoms with E-state index >= 15 is 0 Å². The first-order valence-electron chi connectivity index (χ1n) is 9.27. The van der Waals surface area contributed by atoms with Crippen LogP contribution in [0.1, 0.15) is 26.3 Å². The quantitative estimate of drug-likeness (QED) is 0.538. The fourth-order valence-electron chi connectivity index (χ4n) is 3.19. The van der Waals surface area contributed by atoms with Gasteiger partial charge in [0.25, 0.3) is 11.8 Å². The summed E-state index contributed by atoms with van der Waals surface area (Å²) in [4.78, 5) is 29.1. The van der Waals surface area contributed by atoms with Gasteiger partial charge in [0, 0.05) is 35.8 Å². The number of carbonyl (C=O) groups excluding carboxylic acids is 2. The third-order valence-corrected chi connectivity index (χ3v) is 4.68. The summed E-state index contributed by atoms with van der Waals surface area (Å²) in [6.45, 7) is 0.299. The molecular weight excluding hydrogens is 362 g/mol. The Morgan fingerprint density at radius 1 is 0.759 bits per heavy atom. The first kappa shape index (κ1) is 18.4. The summed E-state index contributed by atoms with van der Waals surface area (Å²) >= 11 is 0. The maximum atomic E-state index is 12.9. The second kappa shape index (κ2) is 8.35. The van der Waals surface area contributed by atoms with Crippen LogP contribution in [0, 0.1) is 0 Å². The third kappa shape index (κ3) is 4.14. The van der Waals surface area contributed by atoms with Crippen molar-refractivity contribution in [1.29, 1.82) is 0 Å². The van der Waals surface area contributed by atoms with Crippen molar-refractivity contribution >= 4 is 28.3 Å². The van der Waals surface area contributed by atoms with E-state index in [1.165, 1.54) is 0 Å². The van der Waals surface area contributed by atoms with E-state index in [1.54, 1.807) is 24.5 Å². The van der Waals surface area contributed by atoms with E-state index in [0.717, 1.165) is 16.3 Å². The van der Waals surface area contributed by atoms with Crippen molar-refractivity contribution in [3.63, 3.8) is 0 Å². The van der Waals surface area contributed by atoms with E-state index < -0.39 is 0 Å². The zero-order valence-electron chi connectivity index (χ0n) is 15.6. The predicted molar refractivity (Wildman–Crippen MR) is 114 cm³/mol. The highest BCUT2D eigenvalue weighted by molar-refractivity contribution is 6.13. The lowest BCUT2D eigenvalue weighted by molar-refractivity contribution is 0.0950. The van der Waals surface area contributed by atoms with Gasteiger partial charge in [0.1, 0.15) is 0 Å². The van der Waals surface area contributed by atoms with Gasteiger partial charge < -0.3 is 10.6 Å². The van der Waals surface area contributed by atoms with Crippen molar-refractivity contribution in [3.8, 4) is 0 Å². The molecule has 5 nitrogen and oxygen atoms in total. The minimum atomic E-state index is -0.192. The predicted octanol–water partition coefficient (Wildman–Crippen LogP) is 4.42. The summed E-state index contributed by atoms with van der Waals surface area (Å²) in [7, 11) is 0. The number of aromatic nitrogens is 1. The van der Waals surface area contributed by atoms with Gasteiger partial charge >= 0.3 is 0 Å². The van der Waals surface area contributed by atoms with Gasteiger partial charge in [-0.3, -0.25) is 14.6 Å². The smallest absolute Gasteiger partial charge is 0.256 e. The Bertz CT molecular complexity index is 1170. The maximum absolute atomic E-state index is 12.9. The van der Waals surface area contributed by atoms with Gasteiger partial charge in [-0.1, -0.05) is 54.6 Å². The van der Waals surface area contributed by atoms with Crippen LogP contribution in [0.15, 0.2) is 91.3 Å². The van der Waals surface area contributed by atoms with Gasteiger partial charge in [0.15, 0.2) is 0 Å². The molecule has 0 atom stereocenters. The van der Waals surface area contributed by atoms with E-state index in [4.69, 9.17) is 0 Å². The van der Waals surface area contributed by atoms with E-state index in [0.29, 0.717) is 23.4 Å². The van der Waals surface area contributed by atoms with Crippen molar-refractivity contribution in [2.45, 2.75) is 6.54 Å². The van der Waals surface area contributed by atoms with Crippen molar-refractivity contribution in [2.75, 3.05) is 5.32 Å². The molecule has 0 aliphatic heterocycles. The van der Waals surface area contributed by atoms with Gasteiger partial charge in [-0.05, 0) is 40.6 Å².